The largest absolute Gasteiger partial charge is 0.467 e. The highest BCUT2D eigenvalue weighted by Gasteiger charge is 2.25. The van der Waals surface area contributed by atoms with E-state index in [0.29, 0.717) is 23.7 Å². The van der Waals surface area contributed by atoms with Crippen molar-refractivity contribution >= 4 is 11.1 Å². The molecular weight excluding hydrogens is 409 g/mol. The fourth-order valence-corrected chi connectivity index (χ4v) is 4.52. The molecule has 1 saturated heterocycles. The van der Waals surface area contributed by atoms with Crippen LogP contribution in [0.1, 0.15) is 24.2 Å². The first-order valence-corrected chi connectivity index (χ1v) is 10.9. The molecule has 7 heteroatoms. The van der Waals surface area contributed by atoms with E-state index in [-0.39, 0.29) is 5.82 Å². The third-order valence-electron chi connectivity index (χ3n) is 6.33. The number of likely N-dealkylation sites (tertiary alicyclic amines) is 1. The molecule has 0 saturated carbocycles. The predicted molar refractivity (Wildman–Crippen MR) is 121 cm³/mol. The standard InChI is InChI=1S/C25H26FN3O3/c1-28-11-8-20(9-12-28)29(15-17-2-5-19(26)6-3-17)16-24-21(10-13-31-24)18-4-7-22-23(14-18)32-25(30)27-22/h2-7,10,13-14,20H,8-9,11-12,15-16H2,1H3,(H,27,30). The highest BCUT2D eigenvalue weighted by molar-refractivity contribution is 5.80. The van der Waals surface area contributed by atoms with Gasteiger partial charge in [-0.05, 0) is 74.4 Å². The SMILES string of the molecule is CN1CCC(N(Cc2ccc(F)cc2)Cc2occc2-c2ccc3[nH]c(=O)oc3c2)CC1. The van der Waals surface area contributed by atoms with Crippen molar-refractivity contribution in [2.45, 2.75) is 32.0 Å². The third kappa shape index (κ3) is 4.40. The van der Waals surface area contributed by atoms with Crippen molar-refractivity contribution in [3.05, 3.63) is 82.5 Å². The molecule has 6 nitrogen and oxygen atoms in total. The van der Waals surface area contributed by atoms with Gasteiger partial charge in [0.15, 0.2) is 5.58 Å². The summed E-state index contributed by atoms with van der Waals surface area (Å²) < 4.78 is 24.6. The number of aromatic nitrogens is 1. The van der Waals surface area contributed by atoms with Crippen LogP contribution in [0.3, 0.4) is 0 Å². The lowest BCUT2D eigenvalue weighted by atomic mass is 10.0. The zero-order valence-corrected chi connectivity index (χ0v) is 18.0. The molecule has 0 atom stereocenters. The summed E-state index contributed by atoms with van der Waals surface area (Å²) in [4.78, 5) is 19.0. The highest BCUT2D eigenvalue weighted by atomic mass is 19.1. The molecule has 0 aliphatic carbocycles. The minimum Gasteiger partial charge on any atom is -0.467 e. The summed E-state index contributed by atoms with van der Waals surface area (Å²) in [5, 5.41) is 0. The highest BCUT2D eigenvalue weighted by Crippen LogP contribution is 2.30. The number of hydrogen-bond acceptors (Lipinski definition) is 5. The van der Waals surface area contributed by atoms with Crippen molar-refractivity contribution in [2.75, 3.05) is 20.1 Å². The Morgan fingerprint density at radius 3 is 2.66 bits per heavy atom. The Morgan fingerprint density at radius 1 is 1.09 bits per heavy atom. The number of furan rings is 1. The van der Waals surface area contributed by atoms with Gasteiger partial charge in [-0.15, -0.1) is 0 Å². The Bertz CT molecular complexity index is 1250. The Morgan fingerprint density at radius 2 is 1.88 bits per heavy atom. The van der Waals surface area contributed by atoms with E-state index in [1.54, 1.807) is 6.26 Å². The quantitative estimate of drug-likeness (QED) is 0.479. The molecule has 0 amide bonds. The fraction of sp³-hybridized carbons (Fsp3) is 0.320. The number of benzene rings is 2. The number of halogens is 1. The van der Waals surface area contributed by atoms with E-state index in [1.165, 1.54) is 12.1 Å². The summed E-state index contributed by atoms with van der Waals surface area (Å²) in [6.07, 6.45) is 3.86. The Kier molecular flexibility index (Phi) is 5.68. The number of fused-ring (bicyclic) bond motifs is 1. The molecule has 2 aromatic heterocycles. The van der Waals surface area contributed by atoms with Gasteiger partial charge in [-0.1, -0.05) is 18.2 Å². The molecule has 0 spiro atoms. The van der Waals surface area contributed by atoms with Gasteiger partial charge in [0.05, 0.1) is 18.3 Å². The molecule has 0 radical (unpaired) electrons. The lowest BCUT2D eigenvalue weighted by molar-refractivity contribution is 0.101. The molecule has 0 unspecified atom stereocenters. The Balaban J connectivity index is 1.43. The third-order valence-corrected chi connectivity index (χ3v) is 6.33. The Labute approximate surface area is 185 Å². The van der Waals surface area contributed by atoms with Crippen LogP contribution < -0.4 is 5.76 Å². The second-order valence-corrected chi connectivity index (χ2v) is 8.55. The fourth-order valence-electron chi connectivity index (χ4n) is 4.52. The number of oxazole rings is 1. The van der Waals surface area contributed by atoms with Crippen LogP contribution in [0.15, 0.2) is 68.4 Å². The van der Waals surface area contributed by atoms with E-state index in [2.05, 4.69) is 21.8 Å². The molecule has 2 aromatic carbocycles. The predicted octanol–water partition coefficient (Wildman–Crippen LogP) is 4.62. The van der Waals surface area contributed by atoms with E-state index >= 15 is 0 Å². The summed E-state index contributed by atoms with van der Waals surface area (Å²) in [7, 11) is 2.15. The first-order chi connectivity index (χ1) is 15.5. The number of nitrogens with zero attached hydrogens (tertiary/aromatic N) is 2. The molecule has 0 bridgehead atoms. The molecule has 1 aliphatic heterocycles. The molecule has 1 aliphatic rings. The summed E-state index contributed by atoms with van der Waals surface area (Å²) in [6, 6.07) is 14.8. The molecule has 1 N–H and O–H groups in total. The van der Waals surface area contributed by atoms with Crippen LogP contribution in [0, 0.1) is 5.82 Å². The molecule has 3 heterocycles. The van der Waals surface area contributed by atoms with Crippen molar-refractivity contribution in [3.8, 4) is 11.1 Å². The van der Waals surface area contributed by atoms with E-state index in [9.17, 15) is 9.18 Å². The van der Waals surface area contributed by atoms with Crippen LogP contribution in [0.5, 0.6) is 0 Å². The van der Waals surface area contributed by atoms with Gasteiger partial charge in [0.1, 0.15) is 11.6 Å². The van der Waals surface area contributed by atoms with Gasteiger partial charge < -0.3 is 13.7 Å². The zero-order chi connectivity index (χ0) is 22.1. The Hall–Kier alpha value is -3.16. The summed E-state index contributed by atoms with van der Waals surface area (Å²) in [6.45, 7) is 3.47. The lowest BCUT2D eigenvalue weighted by Crippen LogP contribution is -2.43. The van der Waals surface area contributed by atoms with Crippen molar-refractivity contribution < 1.29 is 13.2 Å². The minimum absolute atomic E-state index is 0.222. The average molecular weight is 435 g/mol. The van der Waals surface area contributed by atoms with Crippen molar-refractivity contribution in [2.24, 2.45) is 0 Å². The second-order valence-electron chi connectivity index (χ2n) is 8.55. The molecular formula is C25H26FN3O3. The lowest BCUT2D eigenvalue weighted by Gasteiger charge is -2.37. The second kappa shape index (κ2) is 8.76. The van der Waals surface area contributed by atoms with Crippen LogP contribution >= 0.6 is 0 Å². The van der Waals surface area contributed by atoms with Crippen LogP contribution in [0.2, 0.25) is 0 Å². The van der Waals surface area contributed by atoms with Gasteiger partial charge in [-0.2, -0.15) is 0 Å². The van der Waals surface area contributed by atoms with Crippen molar-refractivity contribution in [1.82, 2.24) is 14.8 Å². The summed E-state index contributed by atoms with van der Waals surface area (Å²) in [5.74, 6) is 0.181. The minimum atomic E-state index is -0.461. The summed E-state index contributed by atoms with van der Waals surface area (Å²) in [5.41, 5.74) is 4.20. The van der Waals surface area contributed by atoms with Gasteiger partial charge in [-0.3, -0.25) is 9.88 Å². The van der Waals surface area contributed by atoms with E-state index in [1.807, 2.05) is 36.4 Å². The normalized spacial score (nSPS) is 15.7. The average Bonchev–Trinajstić information content (AvgIpc) is 3.40. The number of nitrogens with one attached hydrogen (secondary N) is 1. The van der Waals surface area contributed by atoms with E-state index in [0.717, 1.165) is 54.9 Å². The monoisotopic (exact) mass is 435 g/mol. The molecule has 166 valence electrons. The number of H-pyrrole nitrogens is 1. The van der Waals surface area contributed by atoms with E-state index in [4.69, 9.17) is 8.83 Å². The smallest absolute Gasteiger partial charge is 0.417 e. The number of hydrogen-bond donors (Lipinski definition) is 1. The maximum absolute atomic E-state index is 13.4. The zero-order valence-electron chi connectivity index (χ0n) is 18.0. The molecule has 4 aromatic rings. The van der Waals surface area contributed by atoms with Gasteiger partial charge in [0.2, 0.25) is 0 Å². The topological polar surface area (TPSA) is 65.6 Å². The maximum atomic E-state index is 13.4. The van der Waals surface area contributed by atoms with Gasteiger partial charge in [0, 0.05) is 18.2 Å². The van der Waals surface area contributed by atoms with Crippen molar-refractivity contribution in [3.63, 3.8) is 0 Å². The maximum Gasteiger partial charge on any atom is 0.417 e. The van der Waals surface area contributed by atoms with Crippen LogP contribution in [0.4, 0.5) is 4.39 Å². The number of aromatic amines is 1. The van der Waals surface area contributed by atoms with Crippen LogP contribution in [-0.2, 0) is 13.1 Å². The number of piperidine rings is 1. The van der Waals surface area contributed by atoms with Crippen LogP contribution in [0.25, 0.3) is 22.2 Å². The molecule has 32 heavy (non-hydrogen) atoms. The van der Waals surface area contributed by atoms with Crippen LogP contribution in [-0.4, -0.2) is 41.0 Å². The van der Waals surface area contributed by atoms with E-state index < -0.39 is 5.76 Å². The van der Waals surface area contributed by atoms with Gasteiger partial charge in [0.25, 0.3) is 0 Å². The molecule has 5 rings (SSSR count). The first kappa shape index (κ1) is 20.7. The first-order valence-electron chi connectivity index (χ1n) is 10.9. The van der Waals surface area contributed by atoms with Gasteiger partial charge >= 0.3 is 5.76 Å². The van der Waals surface area contributed by atoms with Crippen molar-refractivity contribution in [1.29, 1.82) is 0 Å². The number of rotatable bonds is 6. The van der Waals surface area contributed by atoms with Gasteiger partial charge in [-0.25, -0.2) is 9.18 Å². The molecule has 1 fully saturated rings. The summed E-state index contributed by atoms with van der Waals surface area (Å²) >= 11 is 0.